The molecule has 18 amide bonds. The predicted molar refractivity (Wildman–Crippen MR) is 476 cm³/mol. The monoisotopic (exact) mass is 1930 g/mol. The number of esters is 1. The van der Waals surface area contributed by atoms with E-state index in [2.05, 4.69) is 105 Å². The number of aromatic amines is 2. The van der Waals surface area contributed by atoms with Crippen LogP contribution < -0.4 is 107 Å². The molecule has 4 heterocycles. The number of nitrogens with one attached hydrogen (secondary N) is 19. The van der Waals surface area contributed by atoms with Gasteiger partial charge in [0.2, 0.25) is 82.7 Å². The van der Waals surface area contributed by atoms with Crippen molar-refractivity contribution in [3.05, 3.63) is 119 Å². The fourth-order valence-corrected chi connectivity index (χ4v) is 14.1. The Kier molecular flexibility index (Phi) is 39.3. The number of fused-ring (bicyclic) bond motifs is 6. The van der Waals surface area contributed by atoms with Crippen molar-refractivity contribution in [1.82, 2.24) is 110 Å². The summed E-state index contributed by atoms with van der Waals surface area (Å²) in [5.74, 6) is -24.7. The number of nitrogens with two attached hydrogens (primary N) is 3. The first-order valence-corrected chi connectivity index (χ1v) is 43.3. The topological polar surface area (TPSA) is 833 Å². The van der Waals surface area contributed by atoms with Gasteiger partial charge in [0.15, 0.2) is 11.6 Å². The van der Waals surface area contributed by atoms with Crippen molar-refractivity contribution in [2.75, 3.05) is 20.1 Å². The summed E-state index contributed by atoms with van der Waals surface area (Å²) in [4.78, 5) is 297. The number of carbonyl (C=O) groups excluding carboxylic acids is 18. The maximum Gasteiger partial charge on any atom is 0.340 e. The first kappa shape index (κ1) is 108. The highest BCUT2D eigenvalue weighted by molar-refractivity contribution is 6.04. The molecule has 746 valence electrons. The quantitative estimate of drug-likeness (QED) is 0.00567. The van der Waals surface area contributed by atoms with Crippen LogP contribution >= 0.6 is 0 Å². The molecule has 2 aromatic heterocycles. The van der Waals surface area contributed by atoms with E-state index in [1.807, 2.05) is 0 Å². The number of nitrogens with zero attached hydrogens (tertiary/aromatic N) is 3. The van der Waals surface area contributed by atoms with Crippen LogP contribution in [0.15, 0.2) is 79.6 Å². The summed E-state index contributed by atoms with van der Waals surface area (Å²) >= 11 is 0. The van der Waals surface area contributed by atoms with Gasteiger partial charge in [-0.25, -0.2) is 29.4 Å². The fourth-order valence-electron chi connectivity index (χ4n) is 14.1. The molecular formula is C85H113N25O28. The van der Waals surface area contributed by atoms with Gasteiger partial charge in [-0.15, -0.1) is 0 Å². The second-order valence-corrected chi connectivity index (χ2v) is 32.9. The molecule has 7 rings (SSSR count). The molecule has 14 atom stereocenters. The van der Waals surface area contributed by atoms with Crippen LogP contribution in [0.5, 0.6) is 23.0 Å². The minimum atomic E-state index is -1.99. The third-order valence-electron chi connectivity index (χ3n) is 21.8. The first-order chi connectivity index (χ1) is 65.0. The number of guanidine groups is 1. The van der Waals surface area contributed by atoms with Gasteiger partial charge < -0.3 is 142 Å². The summed E-state index contributed by atoms with van der Waals surface area (Å²) in [5.41, 5.74) is 17.5. The molecule has 1 spiro atoms. The zero-order valence-corrected chi connectivity index (χ0v) is 76.3. The van der Waals surface area contributed by atoms with E-state index in [1.165, 1.54) is 114 Å². The molecule has 30 N–H and O–H groups in total. The number of carbonyl (C=O) groups is 21. The Bertz CT molecular complexity index is 5350. The normalized spacial score (nSPS) is 14.9. The van der Waals surface area contributed by atoms with E-state index in [9.17, 15) is 126 Å². The van der Waals surface area contributed by atoms with Gasteiger partial charge in [-0.2, -0.15) is 0 Å². The molecule has 138 heavy (non-hydrogen) atoms. The molecule has 53 heteroatoms. The van der Waals surface area contributed by atoms with E-state index in [4.69, 9.17) is 32.1 Å². The lowest BCUT2D eigenvalue weighted by molar-refractivity contribution is -0.142. The Balaban J connectivity index is 0.955. The summed E-state index contributed by atoms with van der Waals surface area (Å²) in [7, 11) is 1.04. The molecule has 0 saturated carbocycles. The van der Waals surface area contributed by atoms with Crippen molar-refractivity contribution in [2.24, 2.45) is 29.0 Å². The lowest BCUT2D eigenvalue weighted by Gasteiger charge is -2.36. The number of imidazole rings is 2. The van der Waals surface area contributed by atoms with Gasteiger partial charge in [-0.1, -0.05) is 34.1 Å². The second kappa shape index (κ2) is 50.0. The van der Waals surface area contributed by atoms with Gasteiger partial charge in [-0.05, 0) is 114 Å². The van der Waals surface area contributed by atoms with Crippen LogP contribution in [0.1, 0.15) is 168 Å². The number of hydrogen-bond acceptors (Lipinski definition) is 28. The lowest BCUT2D eigenvalue weighted by Crippen LogP contribution is -2.61. The number of aromatic hydroxyl groups is 2. The molecule has 2 aliphatic heterocycles. The van der Waals surface area contributed by atoms with Crippen LogP contribution in [0.25, 0.3) is 0 Å². The number of urea groups is 1. The predicted octanol–water partition coefficient (Wildman–Crippen LogP) is -5.81. The largest absolute Gasteiger partial charge is 0.508 e. The first-order valence-electron chi connectivity index (χ1n) is 43.3. The van der Waals surface area contributed by atoms with Crippen LogP contribution in [-0.2, 0) is 109 Å². The number of hydrogen-bond donors (Lipinski definition) is 27. The van der Waals surface area contributed by atoms with E-state index in [1.54, 1.807) is 6.92 Å². The molecule has 0 aliphatic carbocycles. The van der Waals surface area contributed by atoms with E-state index >= 15 is 0 Å². The number of phenolic OH excluding ortho intramolecular Hbond substituents is 2. The molecule has 53 nitrogen and oxygen atoms in total. The van der Waals surface area contributed by atoms with Gasteiger partial charge in [0, 0.05) is 92.5 Å². The maximum atomic E-state index is 14.4. The fraction of sp³-hybridized carbons (Fsp3) is 0.459. The molecule has 0 bridgehead atoms. The van der Waals surface area contributed by atoms with Gasteiger partial charge in [-0.3, -0.25) is 97.1 Å². The van der Waals surface area contributed by atoms with E-state index in [0.717, 1.165) is 20.9 Å². The van der Waals surface area contributed by atoms with Crippen molar-refractivity contribution in [1.29, 1.82) is 5.41 Å². The van der Waals surface area contributed by atoms with Crippen molar-refractivity contribution in [2.45, 2.75) is 217 Å². The molecule has 3 aromatic carbocycles. The number of ether oxygens (including phenoxy) is 2. The average molecular weight is 1930 g/mol. The average Bonchev–Trinajstić information content (AvgIpc) is 1.54. The van der Waals surface area contributed by atoms with Crippen molar-refractivity contribution in [3.8, 4) is 23.0 Å². The van der Waals surface area contributed by atoms with E-state index in [0.29, 0.717) is 5.01 Å². The number of H-pyrrole nitrogens is 2. The summed E-state index contributed by atoms with van der Waals surface area (Å²) in [6.45, 7) is 10.1. The number of rotatable bonds is 51. The number of phenols is 2. The third kappa shape index (κ3) is 31.0. The molecule has 0 fully saturated rings. The number of carboxylic acids is 3. The smallest absolute Gasteiger partial charge is 0.340 e. The second-order valence-electron chi connectivity index (χ2n) is 32.9. The minimum absolute atomic E-state index is 0.0271. The SMILES string of the molecule is CC[C@H](C)[C@H](NC(=O)[C@H](CCC(=O)O)NC(=O)[C@H](C)NC(=O)[C@H](Cc1c[nH]cn1)NC(=O)N(C)NC(=O)[C@H](C)NC(=O)[C@H](Cc1c[nH]cn1)NC(=O)[C@@H](NC(=O)[C@H](C)NC(=O)[C@H](CCC(N)=O)NC(=O)c1ccc2c(c1)C1(OC2=O)c2ccc(O)cc2Oc2cc(O)ccc21)C(C)C)C(=O)N[C@@H](CC(N)=O)C(=O)N[C@@H](CCC(=O)O)C(=O)N[C@@H](C)C(=O)NCC(=O)N[C@@H](CCCNC(=N)N)C(=O)O. The lowest BCUT2D eigenvalue weighted by atomic mass is 9.77. The molecule has 0 saturated heterocycles. The van der Waals surface area contributed by atoms with Crippen molar-refractivity contribution in [3.63, 3.8) is 0 Å². The Hall–Kier alpha value is -16.6. The van der Waals surface area contributed by atoms with Crippen LogP contribution in [-0.4, -0.2) is 280 Å². The number of primary amides is 2. The minimum Gasteiger partial charge on any atom is -0.508 e. The number of amides is 18. The highest BCUT2D eigenvalue weighted by Crippen LogP contribution is 2.57. The third-order valence-corrected chi connectivity index (χ3v) is 21.8. The highest BCUT2D eigenvalue weighted by Gasteiger charge is 2.54. The van der Waals surface area contributed by atoms with Gasteiger partial charge in [0.05, 0.1) is 42.6 Å². The van der Waals surface area contributed by atoms with Crippen LogP contribution in [0.4, 0.5) is 4.79 Å². The van der Waals surface area contributed by atoms with E-state index in [-0.39, 0.29) is 100 Å². The summed E-state index contributed by atoms with van der Waals surface area (Å²) in [6, 6.07) is -10.4. The standard InChI is InChI=1S/C85H113N25O28/c1-10-38(4)67(80(132)105-58(31-62(87)114)78(130)103-53(20-23-64(116)117)74(126)96-39(5)68(120)93-34-63(115)100-55(81(133)134)12-11-25-92-83(88)89)108-75(127)54(21-24-65(118)119)101-69(121)40(6)98-77(129)57(28-45-33-91-36-95-45)106-84(136)110(9)109-71(123)42(8)99-76(128)56(27-44-32-90-35-94-44)104-79(131)66(37(2)3)107-70(122)41(7)97-73(125)52(19-22-61(86)113)102-72(124)43-13-16-48-51(26-43)85(138-82(48)135)49-17-14-46(111)29-59(49)137-60-30-47(112)15-18-50(60)85/h13-18,26,29-30,32-33,35-42,52-58,66-67,111-112H,10-12,19-25,27-28,31,34H2,1-9H3,(H2,86,113)(H2,87,114)(H,90,94)(H,91,95)(H,93,120)(H,96,126)(H,97,125)(H,98,129)(H,99,128)(H,100,115)(H,101,121)(H,102,124)(H,103,130)(H,104,131)(H,105,132)(H,106,136)(H,107,122)(H,108,127)(H,109,123)(H,116,117)(H,118,119)(H,133,134)(H4,88,89,92)/t38-,39-,40-,41-,42-,52-,53-,54-,55-,56-,57-,58-,66-,67-/m0/s1. The number of aliphatic carboxylic acids is 3. The van der Waals surface area contributed by atoms with Crippen LogP contribution in [0, 0.1) is 17.2 Å². The zero-order valence-electron chi connectivity index (χ0n) is 76.3. The molecule has 0 unspecified atom stereocenters. The number of benzene rings is 3. The molecule has 5 aromatic rings. The molecule has 0 radical (unpaired) electrons. The number of aromatic nitrogens is 4. The number of carboxylic acid groups (broad SMARTS) is 3. The van der Waals surface area contributed by atoms with E-state index < -0.39 is 278 Å². The highest BCUT2D eigenvalue weighted by atomic mass is 16.6. The molecular weight excluding hydrogens is 1820 g/mol. The summed E-state index contributed by atoms with van der Waals surface area (Å²) in [6.07, 6.45) is -0.168. The van der Waals surface area contributed by atoms with Crippen LogP contribution in [0.3, 0.4) is 0 Å². The van der Waals surface area contributed by atoms with Crippen molar-refractivity contribution >= 4 is 130 Å². The summed E-state index contributed by atoms with van der Waals surface area (Å²) < 4.78 is 12.1. The van der Waals surface area contributed by atoms with Crippen molar-refractivity contribution < 1.29 is 136 Å². The Morgan fingerprint density at radius 3 is 1.43 bits per heavy atom. The zero-order chi connectivity index (χ0) is 102. The van der Waals surface area contributed by atoms with Crippen LogP contribution in [0.2, 0.25) is 0 Å². The van der Waals surface area contributed by atoms with Gasteiger partial charge in [0.25, 0.3) is 11.8 Å². The maximum absolute atomic E-state index is 14.4. The Morgan fingerprint density at radius 1 is 0.478 bits per heavy atom. The number of hydrazine groups is 1. The van der Waals surface area contributed by atoms with Gasteiger partial charge in [0.1, 0.15) is 102 Å². The Labute approximate surface area is 786 Å². The molecule has 2 aliphatic rings. The summed E-state index contributed by atoms with van der Waals surface area (Å²) in [5, 5.41) is 93.1. The Morgan fingerprint density at radius 2 is 0.935 bits per heavy atom. The van der Waals surface area contributed by atoms with Gasteiger partial charge >= 0.3 is 29.9 Å².